The van der Waals surface area contributed by atoms with E-state index in [0.717, 1.165) is 52.8 Å². The van der Waals surface area contributed by atoms with Gasteiger partial charge in [-0.15, -0.1) is 11.3 Å². The maximum atomic E-state index is 12.6. The Labute approximate surface area is 215 Å². The van der Waals surface area contributed by atoms with E-state index in [0.29, 0.717) is 28.3 Å². The molecule has 5 rings (SSSR count). The first-order valence-corrected chi connectivity index (χ1v) is 13.0. The zero-order valence-corrected chi connectivity index (χ0v) is 21.5. The number of hydrogen-bond acceptors (Lipinski definition) is 10. The second-order valence-electron chi connectivity index (χ2n) is 8.32. The molecule has 0 spiro atoms. The van der Waals surface area contributed by atoms with Crippen LogP contribution in [0.5, 0.6) is 11.5 Å². The zero-order valence-electron chi connectivity index (χ0n) is 19.9. The largest absolute Gasteiger partial charge is 0.493 e. The summed E-state index contributed by atoms with van der Waals surface area (Å²) in [6.45, 7) is 4.73. The maximum absolute atomic E-state index is 12.6. The number of nitro benzene ring substituents is 1. The van der Waals surface area contributed by atoms with Crippen LogP contribution in [0.1, 0.15) is 9.67 Å². The van der Waals surface area contributed by atoms with Crippen LogP contribution in [-0.2, 0) is 0 Å². The number of fused-ring (bicyclic) bond motifs is 2. The number of benzene rings is 2. The van der Waals surface area contributed by atoms with Crippen molar-refractivity contribution < 1.29 is 19.2 Å². The van der Waals surface area contributed by atoms with E-state index in [9.17, 15) is 14.9 Å². The average Bonchev–Trinajstić information content (AvgIpc) is 3.52. The molecular formula is C24H25N5O5S2. The third kappa shape index (κ3) is 4.79. The lowest BCUT2D eigenvalue weighted by molar-refractivity contribution is -0.384. The van der Waals surface area contributed by atoms with Crippen LogP contribution in [0.4, 0.5) is 10.8 Å². The minimum absolute atomic E-state index is 0.0242. The van der Waals surface area contributed by atoms with Crippen LogP contribution < -0.4 is 19.7 Å². The van der Waals surface area contributed by atoms with Crippen LogP contribution in [0.15, 0.2) is 36.4 Å². The highest BCUT2D eigenvalue weighted by Gasteiger charge is 2.22. The maximum Gasteiger partial charge on any atom is 0.270 e. The molecular weight excluding hydrogens is 502 g/mol. The van der Waals surface area contributed by atoms with Gasteiger partial charge in [-0.3, -0.25) is 19.8 Å². The van der Waals surface area contributed by atoms with Gasteiger partial charge in [-0.1, -0.05) is 11.3 Å². The molecule has 188 valence electrons. The topological polar surface area (TPSA) is 110 Å². The van der Waals surface area contributed by atoms with E-state index in [4.69, 9.17) is 14.5 Å². The summed E-state index contributed by atoms with van der Waals surface area (Å²) < 4.78 is 12.8. The fourth-order valence-electron chi connectivity index (χ4n) is 4.27. The molecule has 0 bridgehead atoms. The van der Waals surface area contributed by atoms with Gasteiger partial charge in [0, 0.05) is 61.5 Å². The first-order chi connectivity index (χ1) is 17.5. The molecule has 36 heavy (non-hydrogen) atoms. The molecule has 1 aliphatic heterocycles. The van der Waals surface area contributed by atoms with Crippen LogP contribution in [-0.4, -0.2) is 74.2 Å². The van der Waals surface area contributed by atoms with Crippen molar-refractivity contribution in [1.29, 1.82) is 0 Å². The number of hydrogen-bond donors (Lipinski definition) is 1. The van der Waals surface area contributed by atoms with E-state index in [1.807, 2.05) is 12.1 Å². The van der Waals surface area contributed by atoms with Gasteiger partial charge in [0.1, 0.15) is 5.52 Å². The third-order valence-corrected chi connectivity index (χ3v) is 8.38. The number of ether oxygens (including phenoxy) is 2. The summed E-state index contributed by atoms with van der Waals surface area (Å²) in [5.74, 6) is 1.17. The normalized spacial score (nSPS) is 14.3. The average molecular weight is 528 g/mol. The lowest BCUT2D eigenvalue weighted by atomic mass is 10.2. The highest BCUT2D eigenvalue weighted by molar-refractivity contribution is 7.22. The molecule has 1 aliphatic rings. The minimum Gasteiger partial charge on any atom is -0.493 e. The Hall–Kier alpha value is -3.48. The fraction of sp³-hybridized carbons (Fsp3) is 0.333. The number of anilines is 1. The molecule has 2 aromatic carbocycles. The molecule has 0 atom stereocenters. The van der Waals surface area contributed by atoms with Crippen LogP contribution in [0.3, 0.4) is 0 Å². The van der Waals surface area contributed by atoms with Gasteiger partial charge in [-0.05, 0) is 24.3 Å². The van der Waals surface area contributed by atoms with E-state index < -0.39 is 4.92 Å². The molecule has 1 N–H and O–H groups in total. The number of aromatic nitrogens is 1. The number of thiophene rings is 1. The van der Waals surface area contributed by atoms with Crippen molar-refractivity contribution in [3.05, 3.63) is 51.4 Å². The van der Waals surface area contributed by atoms with Gasteiger partial charge in [0.05, 0.1) is 28.7 Å². The molecule has 2 aromatic heterocycles. The Bertz CT molecular complexity index is 1430. The molecule has 12 heteroatoms. The number of nitrogens with one attached hydrogen (secondary N) is 1. The first kappa shape index (κ1) is 24.2. The van der Waals surface area contributed by atoms with Gasteiger partial charge in [-0.2, -0.15) is 0 Å². The number of rotatable bonds is 8. The van der Waals surface area contributed by atoms with Crippen molar-refractivity contribution in [3.8, 4) is 11.5 Å². The Balaban J connectivity index is 1.14. The number of methoxy groups -OCH3 is 2. The Morgan fingerprint density at radius 3 is 2.58 bits per heavy atom. The molecule has 1 fully saturated rings. The van der Waals surface area contributed by atoms with Gasteiger partial charge >= 0.3 is 0 Å². The molecule has 1 saturated heterocycles. The summed E-state index contributed by atoms with van der Waals surface area (Å²) in [4.78, 5) is 33.1. The number of amides is 1. The van der Waals surface area contributed by atoms with E-state index in [1.165, 1.54) is 23.5 Å². The van der Waals surface area contributed by atoms with E-state index in [-0.39, 0.29) is 11.6 Å². The van der Waals surface area contributed by atoms with Crippen molar-refractivity contribution in [3.63, 3.8) is 0 Å². The lowest BCUT2D eigenvalue weighted by Gasteiger charge is -2.34. The molecule has 0 aliphatic carbocycles. The minimum atomic E-state index is -0.429. The predicted molar refractivity (Wildman–Crippen MR) is 142 cm³/mol. The Morgan fingerprint density at radius 2 is 1.86 bits per heavy atom. The lowest BCUT2D eigenvalue weighted by Crippen LogP contribution is -2.48. The van der Waals surface area contributed by atoms with E-state index in [2.05, 4.69) is 15.1 Å². The van der Waals surface area contributed by atoms with E-state index >= 15 is 0 Å². The van der Waals surface area contributed by atoms with Crippen LogP contribution in [0.25, 0.3) is 20.3 Å². The second-order valence-corrected chi connectivity index (χ2v) is 10.4. The summed E-state index contributed by atoms with van der Waals surface area (Å²) in [6.07, 6.45) is 0. The number of carbonyl (C=O) groups is 1. The van der Waals surface area contributed by atoms with Gasteiger partial charge in [0.25, 0.3) is 11.6 Å². The second kappa shape index (κ2) is 10.2. The molecule has 0 unspecified atom stereocenters. The summed E-state index contributed by atoms with van der Waals surface area (Å²) in [5, 5.41) is 15.6. The molecule has 3 heterocycles. The zero-order chi connectivity index (χ0) is 25.2. The first-order valence-electron chi connectivity index (χ1n) is 11.4. The number of nitro groups is 1. The smallest absolute Gasteiger partial charge is 0.270 e. The number of piperazine rings is 1. The molecule has 0 saturated carbocycles. The highest BCUT2D eigenvalue weighted by atomic mass is 32.1. The third-order valence-electron chi connectivity index (χ3n) is 6.18. The number of thiazole rings is 1. The van der Waals surface area contributed by atoms with Crippen molar-refractivity contribution >= 4 is 59.7 Å². The standard InChI is InChI=1S/C24H25N5O5S2/c1-33-17-4-6-19-21(22(17)34-2)26-24(36-19)28-11-9-27(10-12-28)8-7-25-23(30)20-14-15-13-16(29(31)32)3-5-18(15)35-20/h3-6,13-14H,7-12H2,1-2H3,(H,25,30). The van der Waals surface area contributed by atoms with Gasteiger partial charge in [0.2, 0.25) is 0 Å². The monoisotopic (exact) mass is 527 g/mol. The van der Waals surface area contributed by atoms with Crippen LogP contribution >= 0.6 is 22.7 Å². The van der Waals surface area contributed by atoms with Crippen molar-refractivity contribution in [1.82, 2.24) is 15.2 Å². The summed E-state index contributed by atoms with van der Waals surface area (Å²) in [5.41, 5.74) is 0.842. The number of nitrogens with zero attached hydrogens (tertiary/aromatic N) is 4. The summed E-state index contributed by atoms with van der Waals surface area (Å²) >= 11 is 2.98. The van der Waals surface area contributed by atoms with Crippen LogP contribution in [0, 0.1) is 10.1 Å². The predicted octanol–water partition coefficient (Wildman–Crippen LogP) is 3.99. The van der Waals surface area contributed by atoms with Crippen LogP contribution in [0.2, 0.25) is 0 Å². The fourth-order valence-corrected chi connectivity index (χ4v) is 6.24. The summed E-state index contributed by atoms with van der Waals surface area (Å²) in [6, 6.07) is 10.3. The van der Waals surface area contributed by atoms with Crippen molar-refractivity contribution in [2.24, 2.45) is 0 Å². The van der Waals surface area contributed by atoms with E-state index in [1.54, 1.807) is 37.7 Å². The SMILES string of the molecule is COc1ccc2sc(N3CCN(CCNC(=O)c4cc5cc([N+](=O)[O-])ccc5s4)CC3)nc2c1OC. The van der Waals surface area contributed by atoms with Crippen molar-refractivity contribution in [2.45, 2.75) is 0 Å². The van der Waals surface area contributed by atoms with Gasteiger partial charge in [-0.25, -0.2) is 4.98 Å². The molecule has 0 radical (unpaired) electrons. The van der Waals surface area contributed by atoms with Gasteiger partial charge in [0.15, 0.2) is 16.6 Å². The molecule has 4 aromatic rings. The Morgan fingerprint density at radius 1 is 1.08 bits per heavy atom. The quantitative estimate of drug-likeness (QED) is 0.271. The van der Waals surface area contributed by atoms with Gasteiger partial charge < -0.3 is 19.7 Å². The highest BCUT2D eigenvalue weighted by Crippen LogP contribution is 2.40. The number of non-ortho nitro benzene ring substituents is 1. The molecule has 10 nitrogen and oxygen atoms in total. The number of carbonyl (C=O) groups excluding carboxylic acids is 1. The van der Waals surface area contributed by atoms with Crippen molar-refractivity contribution in [2.75, 3.05) is 58.4 Å². The Kier molecular flexibility index (Phi) is 6.90. The molecule has 1 amide bonds. The summed E-state index contributed by atoms with van der Waals surface area (Å²) in [7, 11) is 3.25.